The van der Waals surface area contributed by atoms with Crippen LogP contribution < -0.4 is 5.32 Å². The Labute approximate surface area is 126 Å². The Morgan fingerprint density at radius 3 is 2.76 bits per heavy atom. The number of halogens is 1. The van der Waals surface area contributed by atoms with E-state index in [4.69, 9.17) is 5.11 Å². The van der Waals surface area contributed by atoms with Gasteiger partial charge in [0.25, 0.3) is 0 Å². The molecule has 118 valence electrons. The van der Waals surface area contributed by atoms with Crippen LogP contribution >= 0.6 is 0 Å². The molecule has 21 heavy (non-hydrogen) atoms. The lowest BCUT2D eigenvalue weighted by atomic mass is 9.91. The highest BCUT2D eigenvalue weighted by Gasteiger charge is 2.25. The lowest BCUT2D eigenvalue weighted by Crippen LogP contribution is -2.42. The lowest BCUT2D eigenvalue weighted by Gasteiger charge is -2.38. The van der Waals surface area contributed by atoms with Gasteiger partial charge in [-0.1, -0.05) is 6.42 Å². The number of pyridine rings is 1. The minimum atomic E-state index is -0.298. The zero-order valence-corrected chi connectivity index (χ0v) is 12.8. The van der Waals surface area contributed by atoms with Crippen LogP contribution in [0.1, 0.15) is 43.8 Å². The molecular formula is C16H26FN3O. The quantitative estimate of drug-likeness (QED) is 0.732. The molecule has 1 aliphatic rings. The fourth-order valence-corrected chi connectivity index (χ4v) is 2.83. The molecule has 1 aliphatic carbocycles. The van der Waals surface area contributed by atoms with E-state index in [0.29, 0.717) is 6.04 Å². The maximum absolute atomic E-state index is 13.0. The van der Waals surface area contributed by atoms with Crippen molar-refractivity contribution in [3.63, 3.8) is 0 Å². The first-order valence-corrected chi connectivity index (χ1v) is 7.88. The van der Waals surface area contributed by atoms with Crippen LogP contribution in [0.4, 0.5) is 4.39 Å². The molecule has 0 radical (unpaired) electrons. The first-order valence-electron chi connectivity index (χ1n) is 7.88. The Kier molecular flexibility index (Phi) is 6.54. The normalized spacial score (nSPS) is 17.0. The molecule has 0 bridgehead atoms. The van der Waals surface area contributed by atoms with Gasteiger partial charge in [0.15, 0.2) is 0 Å². The molecular weight excluding hydrogens is 269 g/mol. The second-order valence-electron chi connectivity index (χ2n) is 5.73. The van der Waals surface area contributed by atoms with Crippen LogP contribution in [-0.4, -0.2) is 47.8 Å². The molecule has 1 fully saturated rings. The Morgan fingerprint density at radius 2 is 2.24 bits per heavy atom. The van der Waals surface area contributed by atoms with E-state index in [2.05, 4.69) is 15.2 Å². The number of hydrogen-bond donors (Lipinski definition) is 2. The molecule has 5 heteroatoms. The zero-order valence-electron chi connectivity index (χ0n) is 12.8. The summed E-state index contributed by atoms with van der Waals surface area (Å²) in [6.07, 6.45) is 6.89. The highest BCUT2D eigenvalue weighted by Crippen LogP contribution is 2.26. The summed E-state index contributed by atoms with van der Waals surface area (Å²) in [6.45, 7) is 2.18. The summed E-state index contributed by atoms with van der Waals surface area (Å²) < 4.78 is 13.0. The van der Waals surface area contributed by atoms with Gasteiger partial charge < -0.3 is 15.3 Å². The molecule has 0 amide bonds. The van der Waals surface area contributed by atoms with E-state index < -0.39 is 0 Å². The van der Waals surface area contributed by atoms with Crippen LogP contribution in [0.5, 0.6) is 0 Å². The summed E-state index contributed by atoms with van der Waals surface area (Å²) in [5.74, 6) is -0.298. The number of hydrogen-bond acceptors (Lipinski definition) is 4. The second-order valence-corrected chi connectivity index (χ2v) is 5.73. The van der Waals surface area contributed by atoms with Gasteiger partial charge in [-0.15, -0.1) is 0 Å². The average molecular weight is 295 g/mol. The Balaban J connectivity index is 1.88. The predicted octanol–water partition coefficient (Wildman–Crippen LogP) is 2.11. The monoisotopic (exact) mass is 295 g/mol. The van der Waals surface area contributed by atoms with Crippen LogP contribution in [0.3, 0.4) is 0 Å². The van der Waals surface area contributed by atoms with Crippen LogP contribution in [0.2, 0.25) is 0 Å². The number of aliphatic hydroxyl groups excluding tert-OH is 1. The van der Waals surface area contributed by atoms with Gasteiger partial charge in [-0.05, 0) is 44.9 Å². The lowest BCUT2D eigenvalue weighted by molar-refractivity contribution is 0.111. The highest BCUT2D eigenvalue weighted by atomic mass is 19.1. The molecule has 1 heterocycles. The first kappa shape index (κ1) is 16.3. The maximum atomic E-state index is 13.0. The van der Waals surface area contributed by atoms with Crippen molar-refractivity contribution in [1.29, 1.82) is 0 Å². The van der Waals surface area contributed by atoms with Crippen LogP contribution in [-0.2, 0) is 0 Å². The number of nitrogens with zero attached hydrogens (tertiary/aromatic N) is 2. The van der Waals surface area contributed by atoms with Gasteiger partial charge in [-0.3, -0.25) is 4.98 Å². The molecule has 0 aromatic carbocycles. The van der Waals surface area contributed by atoms with Gasteiger partial charge in [-0.2, -0.15) is 0 Å². The highest BCUT2D eigenvalue weighted by molar-refractivity contribution is 5.09. The van der Waals surface area contributed by atoms with E-state index >= 15 is 0 Å². The van der Waals surface area contributed by atoms with E-state index in [-0.39, 0.29) is 18.5 Å². The third-order valence-electron chi connectivity index (χ3n) is 4.36. The largest absolute Gasteiger partial charge is 0.396 e. The minimum absolute atomic E-state index is 0.141. The first-order chi connectivity index (χ1) is 10.2. The van der Waals surface area contributed by atoms with Gasteiger partial charge in [-0.25, -0.2) is 4.39 Å². The molecule has 1 aromatic rings. The van der Waals surface area contributed by atoms with Crippen molar-refractivity contribution in [1.82, 2.24) is 15.2 Å². The van der Waals surface area contributed by atoms with Crippen molar-refractivity contribution in [2.75, 3.05) is 26.7 Å². The van der Waals surface area contributed by atoms with Crippen molar-refractivity contribution < 1.29 is 9.50 Å². The minimum Gasteiger partial charge on any atom is -0.396 e. The third-order valence-corrected chi connectivity index (χ3v) is 4.36. The van der Waals surface area contributed by atoms with E-state index in [1.165, 1.54) is 31.5 Å². The fourth-order valence-electron chi connectivity index (χ4n) is 2.83. The predicted molar refractivity (Wildman–Crippen MR) is 81.5 cm³/mol. The number of aromatic nitrogens is 1. The number of nitrogens with one attached hydrogen (secondary N) is 1. The third kappa shape index (κ3) is 4.73. The van der Waals surface area contributed by atoms with Gasteiger partial charge >= 0.3 is 0 Å². The SMILES string of the molecule is CNC(CCN(CCCO)C1CCC1)c1ccc(F)cn1. The van der Waals surface area contributed by atoms with Crippen LogP contribution in [0.25, 0.3) is 0 Å². The summed E-state index contributed by atoms with van der Waals surface area (Å²) in [7, 11) is 1.91. The summed E-state index contributed by atoms with van der Waals surface area (Å²) in [6, 6.07) is 4.03. The molecule has 0 aliphatic heterocycles. The maximum Gasteiger partial charge on any atom is 0.141 e. The molecule has 1 saturated carbocycles. The Morgan fingerprint density at radius 1 is 1.43 bits per heavy atom. The van der Waals surface area contributed by atoms with Crippen molar-refractivity contribution in [3.05, 3.63) is 29.8 Å². The van der Waals surface area contributed by atoms with E-state index in [0.717, 1.165) is 31.6 Å². The van der Waals surface area contributed by atoms with Gasteiger partial charge in [0.05, 0.1) is 17.9 Å². The van der Waals surface area contributed by atoms with E-state index in [1.54, 1.807) is 6.07 Å². The molecule has 1 atom stereocenters. The smallest absolute Gasteiger partial charge is 0.141 e. The molecule has 1 aromatic heterocycles. The summed E-state index contributed by atoms with van der Waals surface area (Å²) in [5, 5.41) is 12.3. The zero-order chi connectivity index (χ0) is 15.1. The standard InChI is InChI=1S/C16H26FN3O/c1-18-15(16-7-6-13(17)12-19-16)8-10-20(9-3-11-21)14-4-2-5-14/h6-7,12,14-15,18,21H,2-5,8-11H2,1H3. The molecule has 4 nitrogen and oxygen atoms in total. The second kappa shape index (κ2) is 8.41. The van der Waals surface area contributed by atoms with Crippen LogP contribution in [0, 0.1) is 5.82 Å². The molecule has 0 spiro atoms. The molecule has 2 rings (SSSR count). The van der Waals surface area contributed by atoms with Crippen molar-refractivity contribution in [3.8, 4) is 0 Å². The Hall–Kier alpha value is -1.04. The van der Waals surface area contributed by atoms with Crippen molar-refractivity contribution in [2.24, 2.45) is 0 Å². The molecule has 1 unspecified atom stereocenters. The Bertz CT molecular complexity index is 408. The summed E-state index contributed by atoms with van der Waals surface area (Å²) in [5.41, 5.74) is 0.884. The average Bonchev–Trinajstić information content (AvgIpc) is 2.44. The molecule has 0 saturated heterocycles. The van der Waals surface area contributed by atoms with Crippen LogP contribution in [0.15, 0.2) is 18.3 Å². The summed E-state index contributed by atoms with van der Waals surface area (Å²) in [4.78, 5) is 6.65. The van der Waals surface area contributed by atoms with Crippen molar-refractivity contribution >= 4 is 0 Å². The van der Waals surface area contributed by atoms with Gasteiger partial charge in [0, 0.05) is 25.7 Å². The molecule has 2 N–H and O–H groups in total. The van der Waals surface area contributed by atoms with Crippen molar-refractivity contribution in [2.45, 2.75) is 44.2 Å². The van der Waals surface area contributed by atoms with E-state index in [1.807, 2.05) is 7.05 Å². The fraction of sp³-hybridized carbons (Fsp3) is 0.688. The van der Waals surface area contributed by atoms with Gasteiger partial charge in [0.2, 0.25) is 0 Å². The number of aliphatic hydroxyl groups is 1. The summed E-state index contributed by atoms with van der Waals surface area (Å²) >= 11 is 0. The van der Waals surface area contributed by atoms with Gasteiger partial charge in [0.1, 0.15) is 5.82 Å². The topological polar surface area (TPSA) is 48.4 Å². The number of rotatable bonds is 9. The van der Waals surface area contributed by atoms with E-state index in [9.17, 15) is 4.39 Å².